The Kier molecular flexibility index (Phi) is 3.72. The molecule has 1 aromatic heterocycles. The predicted molar refractivity (Wildman–Crippen MR) is 66.2 cm³/mol. The lowest BCUT2D eigenvalue weighted by Crippen LogP contribution is -2.11. The van der Waals surface area contributed by atoms with Gasteiger partial charge in [0, 0.05) is 25.6 Å². The van der Waals surface area contributed by atoms with Crippen molar-refractivity contribution in [3.63, 3.8) is 0 Å². The van der Waals surface area contributed by atoms with E-state index in [2.05, 4.69) is 10.3 Å². The number of nitrogens with zero attached hydrogens (tertiary/aromatic N) is 2. The molecule has 0 aliphatic rings. The van der Waals surface area contributed by atoms with Gasteiger partial charge < -0.3 is 9.88 Å². The fraction of sp³-hybridized carbons (Fsp3) is 0.308. The van der Waals surface area contributed by atoms with Gasteiger partial charge in [-0.25, -0.2) is 13.8 Å². The molecule has 3 nitrogen and oxygen atoms in total. The monoisotopic (exact) mass is 251 g/mol. The van der Waals surface area contributed by atoms with Crippen molar-refractivity contribution in [3.8, 4) is 11.3 Å². The van der Waals surface area contributed by atoms with Gasteiger partial charge in [0.1, 0.15) is 0 Å². The van der Waals surface area contributed by atoms with Crippen LogP contribution in [0.1, 0.15) is 5.69 Å². The Bertz CT molecular complexity index is 549. The minimum absolute atomic E-state index is 0.639. The standard InChI is InChI=1S/C13H15F2N3/c1-16-6-5-12-13(18(2)8-17-12)9-3-4-10(14)11(15)7-9/h3-4,7-8,16H,5-6H2,1-2H3. The Hall–Kier alpha value is -1.75. The molecule has 0 spiro atoms. The molecular formula is C13H15F2N3. The van der Waals surface area contributed by atoms with Crippen molar-refractivity contribution in [3.05, 3.63) is 41.9 Å². The topological polar surface area (TPSA) is 29.9 Å². The van der Waals surface area contributed by atoms with Crippen LogP contribution in [0, 0.1) is 11.6 Å². The SMILES string of the molecule is CNCCc1ncn(C)c1-c1ccc(F)c(F)c1. The second-order valence-corrected chi connectivity index (χ2v) is 4.13. The van der Waals surface area contributed by atoms with Crippen molar-refractivity contribution in [2.45, 2.75) is 6.42 Å². The van der Waals surface area contributed by atoms with E-state index >= 15 is 0 Å². The fourth-order valence-corrected chi connectivity index (χ4v) is 1.92. The van der Waals surface area contributed by atoms with E-state index in [4.69, 9.17) is 0 Å². The van der Waals surface area contributed by atoms with Crippen LogP contribution in [0.2, 0.25) is 0 Å². The van der Waals surface area contributed by atoms with Crippen LogP contribution in [-0.2, 0) is 13.5 Å². The molecule has 0 aliphatic heterocycles. The van der Waals surface area contributed by atoms with Gasteiger partial charge in [0.15, 0.2) is 11.6 Å². The van der Waals surface area contributed by atoms with Gasteiger partial charge in [-0.1, -0.05) is 0 Å². The molecule has 96 valence electrons. The Morgan fingerprint density at radius 1 is 1.28 bits per heavy atom. The highest BCUT2D eigenvalue weighted by molar-refractivity contribution is 5.62. The number of imidazole rings is 1. The second kappa shape index (κ2) is 5.27. The lowest BCUT2D eigenvalue weighted by molar-refractivity contribution is 0.509. The summed E-state index contributed by atoms with van der Waals surface area (Å²) in [6, 6.07) is 3.91. The van der Waals surface area contributed by atoms with E-state index in [1.165, 1.54) is 6.07 Å². The van der Waals surface area contributed by atoms with Crippen LogP contribution in [0.3, 0.4) is 0 Å². The molecule has 0 amide bonds. The quantitative estimate of drug-likeness (QED) is 0.902. The molecular weight excluding hydrogens is 236 g/mol. The molecule has 18 heavy (non-hydrogen) atoms. The molecule has 1 aromatic carbocycles. The van der Waals surface area contributed by atoms with Crippen LogP contribution in [0.5, 0.6) is 0 Å². The summed E-state index contributed by atoms with van der Waals surface area (Å²) in [6.07, 6.45) is 2.42. The van der Waals surface area contributed by atoms with Gasteiger partial charge in [-0.3, -0.25) is 0 Å². The maximum Gasteiger partial charge on any atom is 0.159 e. The summed E-state index contributed by atoms with van der Waals surface area (Å²) < 4.78 is 28.0. The van der Waals surface area contributed by atoms with E-state index in [1.54, 1.807) is 12.4 Å². The normalized spacial score (nSPS) is 10.9. The van der Waals surface area contributed by atoms with Gasteiger partial charge in [0.05, 0.1) is 17.7 Å². The van der Waals surface area contributed by atoms with E-state index in [-0.39, 0.29) is 0 Å². The molecule has 0 atom stereocenters. The summed E-state index contributed by atoms with van der Waals surface area (Å²) >= 11 is 0. The first kappa shape index (κ1) is 12.7. The molecule has 0 saturated heterocycles. The third kappa shape index (κ3) is 2.41. The Labute approximate surface area is 104 Å². The third-order valence-electron chi connectivity index (χ3n) is 2.82. The molecule has 0 unspecified atom stereocenters. The summed E-state index contributed by atoms with van der Waals surface area (Å²) in [4.78, 5) is 4.29. The Balaban J connectivity index is 2.42. The number of rotatable bonds is 4. The fourth-order valence-electron chi connectivity index (χ4n) is 1.92. The lowest BCUT2D eigenvalue weighted by Gasteiger charge is -2.07. The molecule has 1 heterocycles. The van der Waals surface area contributed by atoms with E-state index in [1.807, 2.05) is 18.7 Å². The summed E-state index contributed by atoms with van der Waals surface area (Å²) in [5.41, 5.74) is 2.34. The average Bonchev–Trinajstić information content (AvgIpc) is 2.71. The van der Waals surface area contributed by atoms with E-state index in [0.717, 1.165) is 30.4 Å². The lowest BCUT2D eigenvalue weighted by atomic mass is 10.1. The molecule has 0 saturated carbocycles. The molecule has 0 aliphatic carbocycles. The van der Waals surface area contributed by atoms with Crippen molar-refractivity contribution >= 4 is 0 Å². The number of halogens is 2. The zero-order valence-corrected chi connectivity index (χ0v) is 10.4. The first-order chi connectivity index (χ1) is 8.63. The van der Waals surface area contributed by atoms with Gasteiger partial charge in [0.2, 0.25) is 0 Å². The van der Waals surface area contributed by atoms with Crippen molar-refractivity contribution in [1.82, 2.24) is 14.9 Å². The van der Waals surface area contributed by atoms with Gasteiger partial charge in [0.25, 0.3) is 0 Å². The van der Waals surface area contributed by atoms with E-state index < -0.39 is 11.6 Å². The first-order valence-electron chi connectivity index (χ1n) is 5.73. The maximum atomic E-state index is 13.3. The van der Waals surface area contributed by atoms with Crippen LogP contribution < -0.4 is 5.32 Å². The Morgan fingerprint density at radius 3 is 2.72 bits per heavy atom. The maximum absolute atomic E-state index is 13.3. The van der Waals surface area contributed by atoms with Gasteiger partial charge >= 0.3 is 0 Å². The molecule has 0 fully saturated rings. The summed E-state index contributed by atoms with van der Waals surface area (Å²) in [5.74, 6) is -1.68. The summed E-state index contributed by atoms with van der Waals surface area (Å²) in [7, 11) is 3.70. The number of nitrogens with one attached hydrogen (secondary N) is 1. The number of benzene rings is 1. The first-order valence-corrected chi connectivity index (χ1v) is 5.73. The Morgan fingerprint density at radius 2 is 2.06 bits per heavy atom. The van der Waals surface area contributed by atoms with Crippen molar-refractivity contribution < 1.29 is 8.78 Å². The second-order valence-electron chi connectivity index (χ2n) is 4.13. The number of aryl methyl sites for hydroxylation is 1. The number of hydrogen-bond donors (Lipinski definition) is 1. The highest BCUT2D eigenvalue weighted by Gasteiger charge is 2.12. The molecule has 2 aromatic rings. The third-order valence-corrected chi connectivity index (χ3v) is 2.82. The van der Waals surface area contributed by atoms with Crippen LogP contribution in [0.15, 0.2) is 24.5 Å². The van der Waals surface area contributed by atoms with Crippen molar-refractivity contribution in [2.75, 3.05) is 13.6 Å². The van der Waals surface area contributed by atoms with E-state index in [0.29, 0.717) is 5.56 Å². The summed E-state index contributed by atoms with van der Waals surface area (Å²) in [6.45, 7) is 0.785. The van der Waals surface area contributed by atoms with Gasteiger partial charge in [-0.15, -0.1) is 0 Å². The molecule has 5 heteroatoms. The van der Waals surface area contributed by atoms with Crippen molar-refractivity contribution in [2.24, 2.45) is 7.05 Å². The average molecular weight is 251 g/mol. The largest absolute Gasteiger partial charge is 0.334 e. The van der Waals surface area contributed by atoms with Gasteiger partial charge in [-0.05, 0) is 25.2 Å². The molecule has 0 radical (unpaired) electrons. The van der Waals surface area contributed by atoms with Crippen molar-refractivity contribution in [1.29, 1.82) is 0 Å². The summed E-state index contributed by atoms with van der Waals surface area (Å²) in [5, 5.41) is 3.04. The highest BCUT2D eigenvalue weighted by atomic mass is 19.2. The predicted octanol–water partition coefficient (Wildman–Crippen LogP) is 2.13. The van der Waals surface area contributed by atoms with Crippen LogP contribution >= 0.6 is 0 Å². The minimum atomic E-state index is -0.840. The zero-order valence-electron chi connectivity index (χ0n) is 10.4. The highest BCUT2D eigenvalue weighted by Crippen LogP contribution is 2.24. The number of aromatic nitrogens is 2. The van der Waals surface area contributed by atoms with Crippen LogP contribution in [0.25, 0.3) is 11.3 Å². The van der Waals surface area contributed by atoms with Crippen LogP contribution in [0.4, 0.5) is 8.78 Å². The zero-order chi connectivity index (χ0) is 13.1. The van der Waals surface area contributed by atoms with Gasteiger partial charge in [-0.2, -0.15) is 0 Å². The van der Waals surface area contributed by atoms with Crippen LogP contribution in [-0.4, -0.2) is 23.1 Å². The number of hydrogen-bond acceptors (Lipinski definition) is 2. The smallest absolute Gasteiger partial charge is 0.159 e. The molecule has 0 bridgehead atoms. The van der Waals surface area contributed by atoms with E-state index in [9.17, 15) is 8.78 Å². The molecule has 1 N–H and O–H groups in total. The number of likely N-dealkylation sites (N-methyl/N-ethyl adjacent to an activating group) is 1. The minimum Gasteiger partial charge on any atom is -0.334 e. The molecule has 2 rings (SSSR count).